The molecule has 1 aliphatic rings. The number of nitrogens with zero attached hydrogens (tertiary/aromatic N) is 4. The molecule has 6 nitrogen and oxygen atoms in total. The van der Waals surface area contributed by atoms with Gasteiger partial charge in [-0.05, 0) is 42.0 Å². The molecule has 7 heteroatoms. The topological polar surface area (TPSA) is 54.6 Å². The lowest BCUT2D eigenvalue weighted by Gasteiger charge is -2.39. The summed E-state index contributed by atoms with van der Waals surface area (Å²) in [4.78, 5) is 4.77. The number of ether oxygens (including phenoxy) is 1. The number of para-hydroxylation sites is 2. The maximum Gasteiger partial charge on any atom is 0.247 e. The highest BCUT2D eigenvalue weighted by atomic mass is 35.5. The Kier molecular flexibility index (Phi) is 6.28. The Hall–Kier alpha value is -3.35. The number of halogens is 1. The molecule has 1 fully saturated rings. The van der Waals surface area contributed by atoms with Crippen LogP contribution in [0.5, 0.6) is 5.75 Å². The lowest BCUT2D eigenvalue weighted by molar-refractivity contribution is 0.187. The molecule has 1 atom stereocenters. The van der Waals surface area contributed by atoms with Crippen molar-refractivity contribution in [3.05, 3.63) is 95.3 Å². The summed E-state index contributed by atoms with van der Waals surface area (Å²) in [6.45, 7) is 3.47. The van der Waals surface area contributed by atoms with Crippen molar-refractivity contribution in [3.63, 3.8) is 0 Å². The molecular formula is C26H25ClN4O2. The van der Waals surface area contributed by atoms with Crippen LogP contribution < -0.4 is 9.64 Å². The number of anilines is 1. The van der Waals surface area contributed by atoms with Gasteiger partial charge in [-0.3, -0.25) is 4.90 Å². The van der Waals surface area contributed by atoms with E-state index in [-0.39, 0.29) is 6.04 Å². The van der Waals surface area contributed by atoms with E-state index in [1.54, 1.807) is 7.11 Å². The molecule has 0 amide bonds. The van der Waals surface area contributed by atoms with E-state index in [4.69, 9.17) is 20.8 Å². The zero-order valence-electron chi connectivity index (χ0n) is 18.4. The SMILES string of the molecule is COc1ccccc1N1CCN(C(c2ccccc2)c2nnc(-c3ccc(Cl)cc3)o2)CC1. The summed E-state index contributed by atoms with van der Waals surface area (Å²) in [5, 5.41) is 9.45. The average molecular weight is 461 g/mol. The van der Waals surface area contributed by atoms with Gasteiger partial charge in [0.05, 0.1) is 12.8 Å². The molecule has 1 unspecified atom stereocenters. The van der Waals surface area contributed by atoms with Crippen LogP contribution in [0.4, 0.5) is 5.69 Å². The molecule has 0 bridgehead atoms. The molecule has 168 valence electrons. The summed E-state index contributed by atoms with van der Waals surface area (Å²) in [5.41, 5.74) is 3.11. The average Bonchev–Trinajstić information content (AvgIpc) is 3.35. The van der Waals surface area contributed by atoms with Crippen molar-refractivity contribution in [3.8, 4) is 17.2 Å². The van der Waals surface area contributed by atoms with Gasteiger partial charge >= 0.3 is 0 Å². The lowest BCUT2D eigenvalue weighted by Crippen LogP contribution is -2.48. The fourth-order valence-electron chi connectivity index (χ4n) is 4.31. The first-order chi connectivity index (χ1) is 16.2. The van der Waals surface area contributed by atoms with Crippen LogP contribution in [0, 0.1) is 0 Å². The monoisotopic (exact) mass is 460 g/mol. The van der Waals surface area contributed by atoms with Crippen LogP contribution >= 0.6 is 11.6 Å². The molecule has 4 aromatic rings. The van der Waals surface area contributed by atoms with Gasteiger partial charge in [0, 0.05) is 36.8 Å². The van der Waals surface area contributed by atoms with Crippen molar-refractivity contribution >= 4 is 17.3 Å². The first kappa shape index (κ1) is 21.5. The molecule has 1 saturated heterocycles. The Morgan fingerprint density at radius 3 is 2.27 bits per heavy atom. The predicted octanol–water partition coefficient (Wildman–Crippen LogP) is 5.31. The molecule has 0 radical (unpaired) electrons. The first-order valence-electron chi connectivity index (χ1n) is 11.0. The van der Waals surface area contributed by atoms with Gasteiger partial charge in [0.15, 0.2) is 0 Å². The van der Waals surface area contributed by atoms with Crippen molar-refractivity contribution in [2.45, 2.75) is 6.04 Å². The van der Waals surface area contributed by atoms with E-state index in [9.17, 15) is 0 Å². The number of hydrogen-bond donors (Lipinski definition) is 0. The quantitative estimate of drug-likeness (QED) is 0.388. The Morgan fingerprint density at radius 2 is 1.55 bits per heavy atom. The highest BCUT2D eigenvalue weighted by Gasteiger charge is 2.31. The number of benzene rings is 3. The maximum absolute atomic E-state index is 6.19. The maximum atomic E-state index is 6.19. The van der Waals surface area contributed by atoms with Crippen LogP contribution in [0.1, 0.15) is 17.5 Å². The summed E-state index contributed by atoms with van der Waals surface area (Å²) in [7, 11) is 1.72. The van der Waals surface area contributed by atoms with Crippen LogP contribution in [-0.2, 0) is 0 Å². The van der Waals surface area contributed by atoms with Crippen molar-refractivity contribution in [1.29, 1.82) is 0 Å². The third-order valence-corrected chi connectivity index (χ3v) is 6.24. The van der Waals surface area contributed by atoms with Crippen molar-refractivity contribution < 1.29 is 9.15 Å². The zero-order chi connectivity index (χ0) is 22.6. The third-order valence-electron chi connectivity index (χ3n) is 5.99. The zero-order valence-corrected chi connectivity index (χ0v) is 19.2. The van der Waals surface area contributed by atoms with E-state index in [1.807, 2.05) is 60.7 Å². The Morgan fingerprint density at radius 1 is 0.848 bits per heavy atom. The van der Waals surface area contributed by atoms with Crippen LogP contribution in [0.3, 0.4) is 0 Å². The molecule has 0 aliphatic carbocycles. The number of methoxy groups -OCH3 is 1. The van der Waals surface area contributed by atoms with E-state index in [0.717, 1.165) is 48.7 Å². The van der Waals surface area contributed by atoms with E-state index in [1.165, 1.54) is 0 Å². The predicted molar refractivity (Wildman–Crippen MR) is 130 cm³/mol. The smallest absolute Gasteiger partial charge is 0.247 e. The van der Waals surface area contributed by atoms with Crippen molar-refractivity contribution in [1.82, 2.24) is 15.1 Å². The fourth-order valence-corrected chi connectivity index (χ4v) is 4.44. The molecular weight excluding hydrogens is 436 g/mol. The highest BCUT2D eigenvalue weighted by Crippen LogP contribution is 2.33. The van der Waals surface area contributed by atoms with Crippen LogP contribution in [0.25, 0.3) is 11.5 Å². The van der Waals surface area contributed by atoms with Gasteiger partial charge in [-0.15, -0.1) is 10.2 Å². The van der Waals surface area contributed by atoms with E-state index in [0.29, 0.717) is 16.8 Å². The van der Waals surface area contributed by atoms with Gasteiger partial charge in [-0.2, -0.15) is 0 Å². The highest BCUT2D eigenvalue weighted by molar-refractivity contribution is 6.30. The lowest BCUT2D eigenvalue weighted by atomic mass is 10.0. The Labute approximate surface area is 198 Å². The van der Waals surface area contributed by atoms with Gasteiger partial charge in [0.25, 0.3) is 0 Å². The molecule has 5 rings (SSSR count). The summed E-state index contributed by atoms with van der Waals surface area (Å²) in [5.74, 6) is 1.99. The molecule has 1 aromatic heterocycles. The largest absolute Gasteiger partial charge is 0.495 e. The summed E-state index contributed by atoms with van der Waals surface area (Å²) in [6.07, 6.45) is 0. The number of piperazine rings is 1. The number of hydrogen-bond acceptors (Lipinski definition) is 6. The first-order valence-corrected chi connectivity index (χ1v) is 11.4. The normalized spacial score (nSPS) is 15.4. The van der Waals surface area contributed by atoms with Gasteiger partial charge in [-0.1, -0.05) is 54.1 Å². The number of aromatic nitrogens is 2. The van der Waals surface area contributed by atoms with Gasteiger partial charge in [-0.25, -0.2) is 0 Å². The van der Waals surface area contributed by atoms with Crippen LogP contribution in [-0.4, -0.2) is 48.4 Å². The van der Waals surface area contributed by atoms with E-state index in [2.05, 4.69) is 38.2 Å². The second-order valence-corrected chi connectivity index (χ2v) is 8.40. The molecule has 1 aliphatic heterocycles. The molecule has 2 heterocycles. The Balaban J connectivity index is 1.40. The minimum Gasteiger partial charge on any atom is -0.495 e. The van der Waals surface area contributed by atoms with E-state index < -0.39 is 0 Å². The fraction of sp³-hybridized carbons (Fsp3) is 0.231. The summed E-state index contributed by atoms with van der Waals surface area (Å²) >= 11 is 6.03. The minimum absolute atomic E-state index is 0.112. The van der Waals surface area contributed by atoms with Gasteiger partial charge in [0.2, 0.25) is 11.8 Å². The summed E-state index contributed by atoms with van der Waals surface area (Å²) < 4.78 is 11.8. The molecule has 3 aromatic carbocycles. The number of rotatable bonds is 6. The van der Waals surface area contributed by atoms with Crippen molar-refractivity contribution in [2.75, 3.05) is 38.2 Å². The van der Waals surface area contributed by atoms with Crippen molar-refractivity contribution in [2.24, 2.45) is 0 Å². The standard InChI is InChI=1S/C26H25ClN4O2/c1-32-23-10-6-5-9-22(23)30-15-17-31(18-16-30)24(19-7-3-2-4-8-19)26-29-28-25(33-26)20-11-13-21(27)14-12-20/h2-14,24H,15-18H2,1H3. The van der Waals surface area contributed by atoms with Gasteiger partial charge in [0.1, 0.15) is 11.8 Å². The molecule has 33 heavy (non-hydrogen) atoms. The second-order valence-electron chi connectivity index (χ2n) is 7.96. The molecule has 0 spiro atoms. The molecule has 0 N–H and O–H groups in total. The second kappa shape index (κ2) is 9.65. The Bertz CT molecular complexity index is 1190. The minimum atomic E-state index is -0.112. The van der Waals surface area contributed by atoms with Crippen LogP contribution in [0.2, 0.25) is 5.02 Å². The van der Waals surface area contributed by atoms with Gasteiger partial charge < -0.3 is 14.1 Å². The summed E-state index contributed by atoms with van der Waals surface area (Å²) in [6, 6.07) is 25.8. The molecule has 0 saturated carbocycles. The van der Waals surface area contributed by atoms with E-state index >= 15 is 0 Å². The third kappa shape index (κ3) is 4.58. The van der Waals surface area contributed by atoms with Crippen LogP contribution in [0.15, 0.2) is 83.3 Å².